The van der Waals surface area contributed by atoms with Gasteiger partial charge in [0.1, 0.15) is 0 Å². The highest BCUT2D eigenvalue weighted by Crippen LogP contribution is 2.17. The fourth-order valence-corrected chi connectivity index (χ4v) is 3.23. The van der Waals surface area contributed by atoms with Crippen molar-refractivity contribution in [3.05, 3.63) is 44.3 Å². The average Bonchev–Trinajstić information content (AvgIpc) is 3.19. The Kier molecular flexibility index (Phi) is 4.87. The molecule has 0 radical (unpaired) electrons. The lowest BCUT2D eigenvalue weighted by Crippen LogP contribution is -2.40. The molecule has 1 aliphatic heterocycles. The van der Waals surface area contributed by atoms with Crippen molar-refractivity contribution in [3.63, 3.8) is 0 Å². The molecule has 0 bridgehead atoms. The Labute approximate surface area is 145 Å². The molecule has 9 heteroatoms. The Morgan fingerprint density at radius 1 is 1.32 bits per heavy atom. The molecule has 2 aromatic rings. The number of hydrogen-bond acceptors (Lipinski definition) is 7. The standard InChI is InChI=1S/C16H24N6O3/c1-11-17-14(18-25-11)10-19(2)12-5-6-22(8-12)9-13-7-15(23)21(4)16(24)20(13)3/h7,12H,5-6,8-10H2,1-4H3/t12-/m0/s1. The predicted molar refractivity (Wildman–Crippen MR) is 91.1 cm³/mol. The van der Waals surface area contributed by atoms with Crippen LogP contribution in [0.15, 0.2) is 20.2 Å². The third-order valence-corrected chi connectivity index (χ3v) is 4.84. The molecule has 0 saturated carbocycles. The number of likely N-dealkylation sites (N-methyl/N-ethyl adjacent to an activating group) is 1. The van der Waals surface area contributed by atoms with Gasteiger partial charge in [-0.3, -0.25) is 23.7 Å². The Bertz CT molecular complexity index is 867. The van der Waals surface area contributed by atoms with Crippen LogP contribution in [0.25, 0.3) is 0 Å². The largest absolute Gasteiger partial charge is 0.340 e. The minimum Gasteiger partial charge on any atom is -0.340 e. The maximum Gasteiger partial charge on any atom is 0.330 e. The molecule has 0 unspecified atom stereocenters. The third kappa shape index (κ3) is 3.72. The molecule has 3 heterocycles. The van der Waals surface area contributed by atoms with Gasteiger partial charge in [-0.15, -0.1) is 0 Å². The molecule has 0 N–H and O–H groups in total. The predicted octanol–water partition coefficient (Wildman–Crippen LogP) is -0.518. The quantitative estimate of drug-likeness (QED) is 0.718. The zero-order valence-corrected chi connectivity index (χ0v) is 15.1. The summed E-state index contributed by atoms with van der Waals surface area (Å²) in [4.78, 5) is 32.6. The van der Waals surface area contributed by atoms with Gasteiger partial charge >= 0.3 is 5.69 Å². The molecule has 0 aromatic carbocycles. The second kappa shape index (κ2) is 6.93. The van der Waals surface area contributed by atoms with Crippen LogP contribution in [0.4, 0.5) is 0 Å². The van der Waals surface area contributed by atoms with E-state index in [4.69, 9.17) is 4.52 Å². The van der Waals surface area contributed by atoms with E-state index in [2.05, 4.69) is 19.9 Å². The van der Waals surface area contributed by atoms with Gasteiger partial charge in [-0.25, -0.2) is 4.79 Å². The van der Waals surface area contributed by atoms with Gasteiger partial charge in [-0.1, -0.05) is 5.16 Å². The lowest BCUT2D eigenvalue weighted by atomic mass is 10.2. The number of nitrogens with zero attached hydrogens (tertiary/aromatic N) is 6. The molecule has 2 aromatic heterocycles. The molecule has 9 nitrogen and oxygen atoms in total. The SMILES string of the molecule is Cc1nc(CN(C)[C@H]2CCN(Cc3cc(=O)n(C)c(=O)n3C)C2)no1. The Balaban J connectivity index is 1.63. The van der Waals surface area contributed by atoms with Crippen LogP contribution in [0.2, 0.25) is 0 Å². The Morgan fingerprint density at radius 2 is 2.08 bits per heavy atom. The fourth-order valence-electron chi connectivity index (χ4n) is 3.23. The Hall–Kier alpha value is -2.26. The minimum absolute atomic E-state index is 0.265. The summed E-state index contributed by atoms with van der Waals surface area (Å²) in [5.74, 6) is 1.26. The van der Waals surface area contributed by atoms with E-state index in [1.165, 1.54) is 7.05 Å². The molecular weight excluding hydrogens is 324 g/mol. The van der Waals surface area contributed by atoms with Crippen molar-refractivity contribution < 1.29 is 4.52 Å². The van der Waals surface area contributed by atoms with Crippen molar-refractivity contribution in [2.24, 2.45) is 14.1 Å². The number of rotatable bonds is 5. The first-order chi connectivity index (χ1) is 11.8. The van der Waals surface area contributed by atoms with Gasteiger partial charge in [0, 0.05) is 58.5 Å². The van der Waals surface area contributed by atoms with E-state index in [0.717, 1.165) is 29.8 Å². The molecule has 1 aliphatic rings. The summed E-state index contributed by atoms with van der Waals surface area (Å²) in [5.41, 5.74) is 0.187. The molecule has 136 valence electrons. The molecule has 0 amide bonds. The van der Waals surface area contributed by atoms with E-state index in [0.29, 0.717) is 30.8 Å². The van der Waals surface area contributed by atoms with Crippen molar-refractivity contribution >= 4 is 0 Å². The molecule has 0 spiro atoms. The highest BCUT2D eigenvalue weighted by Gasteiger charge is 2.27. The number of aryl methyl sites for hydroxylation is 1. The summed E-state index contributed by atoms with van der Waals surface area (Å²) < 4.78 is 7.68. The molecule has 1 fully saturated rings. The maximum absolute atomic E-state index is 12.0. The number of hydrogen-bond donors (Lipinski definition) is 0. The van der Waals surface area contributed by atoms with Gasteiger partial charge in [0.25, 0.3) is 5.56 Å². The maximum atomic E-state index is 12.0. The van der Waals surface area contributed by atoms with E-state index in [1.807, 2.05) is 7.05 Å². The van der Waals surface area contributed by atoms with E-state index in [9.17, 15) is 9.59 Å². The summed E-state index contributed by atoms with van der Waals surface area (Å²) in [6.07, 6.45) is 1.02. The van der Waals surface area contributed by atoms with Gasteiger partial charge in [-0.2, -0.15) is 4.98 Å². The van der Waals surface area contributed by atoms with Crippen molar-refractivity contribution in [2.75, 3.05) is 20.1 Å². The molecule has 1 saturated heterocycles. The van der Waals surface area contributed by atoms with Crippen LogP contribution in [0.5, 0.6) is 0 Å². The first-order valence-electron chi connectivity index (χ1n) is 8.33. The van der Waals surface area contributed by atoms with E-state index < -0.39 is 0 Å². The highest BCUT2D eigenvalue weighted by molar-refractivity contribution is 5.03. The smallest absolute Gasteiger partial charge is 0.330 e. The second-order valence-electron chi connectivity index (χ2n) is 6.70. The summed E-state index contributed by atoms with van der Waals surface area (Å²) >= 11 is 0. The molecule has 1 atom stereocenters. The van der Waals surface area contributed by atoms with E-state index >= 15 is 0 Å². The Morgan fingerprint density at radius 3 is 2.76 bits per heavy atom. The number of aromatic nitrogens is 4. The first-order valence-corrected chi connectivity index (χ1v) is 8.33. The van der Waals surface area contributed by atoms with Gasteiger partial charge < -0.3 is 4.52 Å². The van der Waals surface area contributed by atoms with Crippen molar-refractivity contribution in [2.45, 2.75) is 32.5 Å². The highest BCUT2D eigenvalue weighted by atomic mass is 16.5. The van der Waals surface area contributed by atoms with E-state index in [-0.39, 0.29) is 11.2 Å². The molecule has 0 aliphatic carbocycles. The van der Waals surface area contributed by atoms with Crippen LogP contribution < -0.4 is 11.2 Å². The topological polar surface area (TPSA) is 89.4 Å². The van der Waals surface area contributed by atoms with Crippen LogP contribution in [0.1, 0.15) is 23.8 Å². The lowest BCUT2D eigenvalue weighted by Gasteiger charge is -2.23. The summed E-state index contributed by atoms with van der Waals surface area (Å²) in [7, 11) is 5.25. The molecule has 3 rings (SSSR count). The minimum atomic E-state index is -0.289. The monoisotopic (exact) mass is 348 g/mol. The number of likely N-dealkylation sites (tertiary alicyclic amines) is 1. The molecular formula is C16H24N6O3. The fraction of sp³-hybridized carbons (Fsp3) is 0.625. The van der Waals surface area contributed by atoms with Crippen molar-refractivity contribution in [1.29, 1.82) is 0 Å². The van der Waals surface area contributed by atoms with E-state index in [1.54, 1.807) is 24.6 Å². The van der Waals surface area contributed by atoms with Crippen molar-refractivity contribution in [1.82, 2.24) is 29.1 Å². The van der Waals surface area contributed by atoms with Crippen LogP contribution in [-0.4, -0.2) is 55.3 Å². The van der Waals surface area contributed by atoms with Gasteiger partial charge in [0.05, 0.1) is 6.54 Å². The summed E-state index contributed by atoms with van der Waals surface area (Å²) in [5, 5.41) is 3.94. The summed E-state index contributed by atoms with van der Waals surface area (Å²) in [6, 6.07) is 1.92. The van der Waals surface area contributed by atoms with Crippen molar-refractivity contribution in [3.8, 4) is 0 Å². The van der Waals surface area contributed by atoms with Gasteiger partial charge in [0.15, 0.2) is 5.82 Å². The average molecular weight is 348 g/mol. The van der Waals surface area contributed by atoms with Crippen LogP contribution in [-0.2, 0) is 27.2 Å². The zero-order chi connectivity index (χ0) is 18.1. The van der Waals surface area contributed by atoms with Crippen LogP contribution in [0, 0.1) is 6.92 Å². The first kappa shape index (κ1) is 17.6. The summed E-state index contributed by atoms with van der Waals surface area (Å²) in [6.45, 7) is 4.80. The second-order valence-corrected chi connectivity index (χ2v) is 6.70. The van der Waals surface area contributed by atoms with Crippen LogP contribution >= 0.6 is 0 Å². The van der Waals surface area contributed by atoms with Gasteiger partial charge in [-0.05, 0) is 13.5 Å². The lowest BCUT2D eigenvalue weighted by molar-refractivity contribution is 0.214. The normalized spacial score (nSPS) is 18.4. The third-order valence-electron chi connectivity index (χ3n) is 4.84. The zero-order valence-electron chi connectivity index (χ0n) is 15.1. The molecule has 25 heavy (non-hydrogen) atoms. The van der Waals surface area contributed by atoms with Crippen LogP contribution in [0.3, 0.4) is 0 Å². The van der Waals surface area contributed by atoms with Gasteiger partial charge in [0.2, 0.25) is 5.89 Å².